The van der Waals surface area contributed by atoms with Gasteiger partial charge in [-0.2, -0.15) is 0 Å². The molecule has 2 N–H and O–H groups in total. The SMILES string of the molecule is CCN(CC)C1CCN(CCC(NC)C(=O)O)C1. The third kappa shape index (κ3) is 4.23. The highest BCUT2D eigenvalue weighted by atomic mass is 16.4. The summed E-state index contributed by atoms with van der Waals surface area (Å²) in [5.41, 5.74) is 0. The van der Waals surface area contributed by atoms with E-state index in [2.05, 4.69) is 29.0 Å². The number of carboxylic acid groups (broad SMARTS) is 1. The zero-order valence-electron chi connectivity index (χ0n) is 11.9. The van der Waals surface area contributed by atoms with E-state index in [9.17, 15) is 4.79 Å². The average molecular weight is 257 g/mol. The second kappa shape index (κ2) is 7.71. The van der Waals surface area contributed by atoms with Crippen LogP contribution in [0, 0.1) is 0 Å². The summed E-state index contributed by atoms with van der Waals surface area (Å²) in [6, 6.07) is 0.232. The molecule has 0 spiro atoms. The van der Waals surface area contributed by atoms with Crippen molar-refractivity contribution in [3.63, 3.8) is 0 Å². The van der Waals surface area contributed by atoms with E-state index in [0.717, 1.165) is 32.7 Å². The van der Waals surface area contributed by atoms with E-state index in [4.69, 9.17) is 5.11 Å². The number of nitrogens with one attached hydrogen (secondary N) is 1. The predicted octanol–water partition coefficient (Wildman–Crippen LogP) is 0.465. The molecule has 0 aliphatic carbocycles. The van der Waals surface area contributed by atoms with Crippen molar-refractivity contribution < 1.29 is 9.90 Å². The highest BCUT2D eigenvalue weighted by Crippen LogP contribution is 2.15. The van der Waals surface area contributed by atoms with Crippen LogP contribution in [0.2, 0.25) is 0 Å². The Hall–Kier alpha value is -0.650. The van der Waals surface area contributed by atoms with Crippen LogP contribution in [0.5, 0.6) is 0 Å². The minimum absolute atomic E-state index is 0.419. The Morgan fingerprint density at radius 3 is 2.67 bits per heavy atom. The smallest absolute Gasteiger partial charge is 0.320 e. The van der Waals surface area contributed by atoms with Crippen LogP contribution in [-0.2, 0) is 4.79 Å². The summed E-state index contributed by atoms with van der Waals surface area (Å²) < 4.78 is 0. The summed E-state index contributed by atoms with van der Waals surface area (Å²) in [5, 5.41) is 11.8. The van der Waals surface area contributed by atoms with Gasteiger partial charge in [-0.05, 0) is 39.5 Å². The summed E-state index contributed by atoms with van der Waals surface area (Å²) >= 11 is 0. The molecule has 1 aliphatic rings. The maximum atomic E-state index is 10.9. The summed E-state index contributed by atoms with van der Waals surface area (Å²) in [6.07, 6.45) is 1.88. The molecular weight excluding hydrogens is 230 g/mol. The number of hydrogen-bond donors (Lipinski definition) is 2. The molecular formula is C13H27N3O2. The zero-order chi connectivity index (χ0) is 13.5. The van der Waals surface area contributed by atoms with Gasteiger partial charge in [0.15, 0.2) is 0 Å². The normalized spacial score (nSPS) is 22.6. The summed E-state index contributed by atoms with van der Waals surface area (Å²) in [4.78, 5) is 15.8. The van der Waals surface area contributed by atoms with Crippen LogP contribution >= 0.6 is 0 Å². The molecule has 0 aromatic rings. The van der Waals surface area contributed by atoms with Crippen molar-refractivity contribution >= 4 is 5.97 Å². The quantitative estimate of drug-likeness (QED) is 0.662. The van der Waals surface area contributed by atoms with Gasteiger partial charge in [0.1, 0.15) is 6.04 Å². The molecule has 5 heteroatoms. The first kappa shape index (κ1) is 15.4. The Labute approximate surface area is 110 Å². The van der Waals surface area contributed by atoms with Crippen LogP contribution in [0.3, 0.4) is 0 Å². The van der Waals surface area contributed by atoms with E-state index in [1.807, 2.05) is 0 Å². The van der Waals surface area contributed by atoms with E-state index in [1.54, 1.807) is 7.05 Å². The molecule has 1 fully saturated rings. The van der Waals surface area contributed by atoms with E-state index in [1.165, 1.54) is 6.42 Å². The van der Waals surface area contributed by atoms with Gasteiger partial charge in [-0.1, -0.05) is 13.8 Å². The van der Waals surface area contributed by atoms with Gasteiger partial charge in [-0.3, -0.25) is 9.69 Å². The Kier molecular flexibility index (Phi) is 6.60. The van der Waals surface area contributed by atoms with Crippen LogP contribution in [0.25, 0.3) is 0 Å². The highest BCUT2D eigenvalue weighted by molar-refractivity contribution is 5.73. The first-order valence-electron chi connectivity index (χ1n) is 6.98. The Morgan fingerprint density at radius 1 is 1.50 bits per heavy atom. The topological polar surface area (TPSA) is 55.8 Å². The van der Waals surface area contributed by atoms with Gasteiger partial charge in [0.2, 0.25) is 0 Å². The van der Waals surface area contributed by atoms with Crippen LogP contribution < -0.4 is 5.32 Å². The molecule has 106 valence electrons. The van der Waals surface area contributed by atoms with Gasteiger partial charge in [-0.15, -0.1) is 0 Å². The lowest BCUT2D eigenvalue weighted by molar-refractivity contribution is -0.139. The third-order valence-electron chi connectivity index (χ3n) is 3.96. The lowest BCUT2D eigenvalue weighted by Gasteiger charge is -2.26. The van der Waals surface area contributed by atoms with Crippen LogP contribution in [-0.4, -0.2) is 72.7 Å². The Balaban J connectivity index is 2.32. The van der Waals surface area contributed by atoms with Crippen molar-refractivity contribution in [3.8, 4) is 0 Å². The van der Waals surface area contributed by atoms with Crippen molar-refractivity contribution in [2.24, 2.45) is 0 Å². The fraction of sp³-hybridized carbons (Fsp3) is 0.923. The maximum absolute atomic E-state index is 10.9. The minimum atomic E-state index is -0.753. The van der Waals surface area contributed by atoms with E-state index in [-0.39, 0.29) is 0 Å². The number of carbonyl (C=O) groups is 1. The van der Waals surface area contributed by atoms with Crippen molar-refractivity contribution in [1.82, 2.24) is 15.1 Å². The van der Waals surface area contributed by atoms with Crippen molar-refractivity contribution in [1.29, 1.82) is 0 Å². The second-order valence-electron chi connectivity index (χ2n) is 4.93. The molecule has 0 bridgehead atoms. The summed E-state index contributed by atoms with van der Waals surface area (Å²) in [6.45, 7) is 9.65. The largest absolute Gasteiger partial charge is 0.480 e. The number of likely N-dealkylation sites (tertiary alicyclic amines) is 1. The summed E-state index contributed by atoms with van der Waals surface area (Å²) in [5.74, 6) is -0.753. The molecule has 5 nitrogen and oxygen atoms in total. The molecule has 18 heavy (non-hydrogen) atoms. The lowest BCUT2D eigenvalue weighted by atomic mass is 10.2. The molecule has 0 saturated carbocycles. The maximum Gasteiger partial charge on any atom is 0.320 e. The number of rotatable bonds is 8. The third-order valence-corrected chi connectivity index (χ3v) is 3.96. The molecule has 2 atom stereocenters. The number of carboxylic acids is 1. The van der Waals surface area contributed by atoms with E-state index < -0.39 is 12.0 Å². The van der Waals surface area contributed by atoms with Crippen molar-refractivity contribution in [2.45, 2.75) is 38.8 Å². The van der Waals surface area contributed by atoms with Crippen LogP contribution in [0.15, 0.2) is 0 Å². The lowest BCUT2D eigenvalue weighted by Crippen LogP contribution is -2.39. The van der Waals surface area contributed by atoms with E-state index in [0.29, 0.717) is 12.5 Å². The molecule has 1 saturated heterocycles. The molecule has 0 radical (unpaired) electrons. The molecule has 1 aliphatic heterocycles. The Morgan fingerprint density at radius 2 is 2.17 bits per heavy atom. The monoisotopic (exact) mass is 257 g/mol. The van der Waals surface area contributed by atoms with Crippen molar-refractivity contribution in [2.75, 3.05) is 39.8 Å². The first-order valence-corrected chi connectivity index (χ1v) is 6.98. The standard InChI is InChI=1S/C13H27N3O2/c1-4-16(5-2)11-6-8-15(10-11)9-7-12(14-3)13(17)18/h11-12,14H,4-10H2,1-3H3,(H,17,18). The molecule has 1 rings (SSSR count). The average Bonchev–Trinajstić information content (AvgIpc) is 2.80. The van der Waals surface area contributed by atoms with Gasteiger partial charge in [0, 0.05) is 19.1 Å². The number of hydrogen-bond acceptors (Lipinski definition) is 4. The van der Waals surface area contributed by atoms with Gasteiger partial charge in [0.05, 0.1) is 0 Å². The van der Waals surface area contributed by atoms with Gasteiger partial charge >= 0.3 is 5.97 Å². The minimum Gasteiger partial charge on any atom is -0.480 e. The Bertz CT molecular complexity index is 257. The fourth-order valence-corrected chi connectivity index (χ4v) is 2.76. The number of aliphatic carboxylic acids is 1. The van der Waals surface area contributed by atoms with Crippen LogP contribution in [0.1, 0.15) is 26.7 Å². The van der Waals surface area contributed by atoms with Crippen LogP contribution in [0.4, 0.5) is 0 Å². The number of nitrogens with zero attached hydrogens (tertiary/aromatic N) is 2. The van der Waals surface area contributed by atoms with Gasteiger partial charge in [-0.25, -0.2) is 0 Å². The van der Waals surface area contributed by atoms with Crippen molar-refractivity contribution in [3.05, 3.63) is 0 Å². The molecule has 0 aromatic heterocycles. The molecule has 0 amide bonds. The summed E-state index contributed by atoms with van der Waals surface area (Å²) in [7, 11) is 1.71. The molecule has 1 heterocycles. The highest BCUT2D eigenvalue weighted by Gasteiger charge is 2.26. The van der Waals surface area contributed by atoms with Gasteiger partial charge < -0.3 is 15.3 Å². The van der Waals surface area contributed by atoms with Gasteiger partial charge in [0.25, 0.3) is 0 Å². The molecule has 0 aromatic carbocycles. The second-order valence-corrected chi connectivity index (χ2v) is 4.93. The molecule has 2 unspecified atom stereocenters. The van der Waals surface area contributed by atoms with E-state index >= 15 is 0 Å². The number of likely N-dealkylation sites (N-methyl/N-ethyl adjacent to an activating group) is 2. The fourth-order valence-electron chi connectivity index (χ4n) is 2.76. The first-order chi connectivity index (χ1) is 8.62. The zero-order valence-corrected chi connectivity index (χ0v) is 11.9. The predicted molar refractivity (Wildman–Crippen MR) is 72.9 cm³/mol.